The number of halogens is 1. The number of anilines is 1. The Labute approximate surface area is 130 Å². The maximum atomic E-state index is 12.4. The molecule has 4 nitrogen and oxygen atoms in total. The maximum Gasteiger partial charge on any atom is 0.253 e. The fourth-order valence-electron chi connectivity index (χ4n) is 2.96. The first kappa shape index (κ1) is 14.6. The maximum absolute atomic E-state index is 12.4. The highest BCUT2D eigenvalue weighted by Gasteiger charge is 2.41. The minimum absolute atomic E-state index is 0.0900. The molecule has 1 amide bonds. The Morgan fingerprint density at radius 1 is 1.38 bits per heavy atom. The van der Waals surface area contributed by atoms with E-state index in [1.165, 1.54) is 31.9 Å². The third-order valence-corrected chi connectivity index (χ3v) is 4.71. The number of rotatable bonds is 7. The largest absolute Gasteiger partial charge is 0.370 e. The van der Waals surface area contributed by atoms with Crippen molar-refractivity contribution in [2.45, 2.75) is 32.6 Å². The second-order valence-electron chi connectivity index (χ2n) is 6.13. The van der Waals surface area contributed by atoms with Crippen molar-refractivity contribution in [3.8, 4) is 0 Å². The van der Waals surface area contributed by atoms with E-state index in [4.69, 9.17) is 11.6 Å². The van der Waals surface area contributed by atoms with Crippen molar-refractivity contribution in [3.63, 3.8) is 0 Å². The van der Waals surface area contributed by atoms with E-state index in [0.29, 0.717) is 22.3 Å². The number of hydrogen-bond acceptors (Lipinski definition) is 3. The summed E-state index contributed by atoms with van der Waals surface area (Å²) in [6, 6.07) is 1.73. The van der Waals surface area contributed by atoms with Gasteiger partial charge in [-0.2, -0.15) is 0 Å². The van der Waals surface area contributed by atoms with Crippen LogP contribution >= 0.6 is 11.6 Å². The molecule has 0 aliphatic heterocycles. The first-order valence-corrected chi connectivity index (χ1v) is 8.24. The molecule has 3 rings (SSSR count). The van der Waals surface area contributed by atoms with E-state index in [1.54, 1.807) is 6.07 Å². The molecule has 2 saturated carbocycles. The van der Waals surface area contributed by atoms with Crippen molar-refractivity contribution in [1.29, 1.82) is 0 Å². The lowest BCUT2D eigenvalue weighted by Crippen LogP contribution is -2.31. The minimum atomic E-state index is -0.0900. The monoisotopic (exact) mass is 307 g/mol. The first-order chi connectivity index (χ1) is 10.2. The van der Waals surface area contributed by atoms with Crippen molar-refractivity contribution in [2.24, 2.45) is 17.8 Å². The predicted octanol–water partition coefficient (Wildman–Crippen LogP) is 3.33. The number of carbonyl (C=O) groups is 1. The van der Waals surface area contributed by atoms with Crippen LogP contribution in [0.1, 0.15) is 43.0 Å². The molecule has 21 heavy (non-hydrogen) atoms. The van der Waals surface area contributed by atoms with Gasteiger partial charge in [0.05, 0.1) is 10.6 Å². The van der Waals surface area contributed by atoms with Gasteiger partial charge in [-0.05, 0) is 56.4 Å². The fourth-order valence-corrected chi connectivity index (χ4v) is 3.15. The van der Waals surface area contributed by atoms with Crippen LogP contribution in [-0.2, 0) is 0 Å². The molecule has 0 spiro atoms. The lowest BCUT2D eigenvalue weighted by Gasteiger charge is -2.16. The highest BCUT2D eigenvalue weighted by molar-refractivity contribution is 6.33. The average Bonchev–Trinajstić information content (AvgIpc) is 3.35. The Morgan fingerprint density at radius 2 is 2.05 bits per heavy atom. The van der Waals surface area contributed by atoms with Crippen LogP contribution in [0.25, 0.3) is 0 Å². The van der Waals surface area contributed by atoms with Gasteiger partial charge in [0.15, 0.2) is 0 Å². The number of nitrogens with one attached hydrogen (secondary N) is 2. The zero-order valence-electron chi connectivity index (χ0n) is 12.4. The van der Waals surface area contributed by atoms with E-state index in [-0.39, 0.29) is 5.91 Å². The Hall–Kier alpha value is -1.29. The second kappa shape index (κ2) is 6.22. The van der Waals surface area contributed by atoms with Gasteiger partial charge in [0.25, 0.3) is 5.91 Å². The normalized spacial score (nSPS) is 17.9. The van der Waals surface area contributed by atoms with Crippen molar-refractivity contribution in [1.82, 2.24) is 10.3 Å². The van der Waals surface area contributed by atoms with Crippen LogP contribution in [0.5, 0.6) is 0 Å². The first-order valence-electron chi connectivity index (χ1n) is 7.86. The molecule has 1 heterocycles. The summed E-state index contributed by atoms with van der Waals surface area (Å²) in [5.74, 6) is 2.94. The second-order valence-corrected chi connectivity index (χ2v) is 6.54. The Balaban J connectivity index is 1.62. The number of aromatic nitrogens is 1. The standard InChI is InChI=1S/C16H22ClN3O/c1-2-18-15-7-12(14(17)9-19-15)16(21)20-8-13(10-3-4-10)11-5-6-11/h7,9-11,13H,2-6,8H2,1H3,(H,18,19)(H,20,21). The Bertz CT molecular complexity index is 514. The smallest absolute Gasteiger partial charge is 0.253 e. The van der Waals surface area contributed by atoms with E-state index < -0.39 is 0 Å². The van der Waals surface area contributed by atoms with E-state index in [9.17, 15) is 4.79 Å². The van der Waals surface area contributed by atoms with Gasteiger partial charge < -0.3 is 10.6 Å². The zero-order chi connectivity index (χ0) is 14.8. The van der Waals surface area contributed by atoms with Gasteiger partial charge in [0.2, 0.25) is 0 Å². The van der Waals surface area contributed by atoms with Gasteiger partial charge in [-0.3, -0.25) is 4.79 Å². The van der Waals surface area contributed by atoms with Gasteiger partial charge in [-0.15, -0.1) is 0 Å². The van der Waals surface area contributed by atoms with E-state index in [2.05, 4.69) is 15.6 Å². The molecule has 2 aliphatic rings. The summed E-state index contributed by atoms with van der Waals surface area (Å²) in [7, 11) is 0. The molecule has 1 aromatic heterocycles. The molecule has 0 saturated heterocycles. The SMILES string of the molecule is CCNc1cc(C(=O)NCC(C2CC2)C2CC2)c(Cl)cn1. The van der Waals surface area contributed by atoms with Crippen molar-refractivity contribution >= 4 is 23.3 Å². The Kier molecular flexibility index (Phi) is 4.34. The molecule has 1 aromatic rings. The highest BCUT2D eigenvalue weighted by Crippen LogP contribution is 2.48. The molecule has 0 atom stereocenters. The van der Waals surface area contributed by atoms with Gasteiger partial charge >= 0.3 is 0 Å². The summed E-state index contributed by atoms with van der Waals surface area (Å²) >= 11 is 6.11. The number of amides is 1. The number of carbonyl (C=O) groups excluding carboxylic acids is 1. The summed E-state index contributed by atoms with van der Waals surface area (Å²) < 4.78 is 0. The third kappa shape index (κ3) is 3.67. The van der Waals surface area contributed by atoms with Crippen LogP contribution < -0.4 is 10.6 Å². The molecule has 2 aliphatic carbocycles. The molecule has 2 fully saturated rings. The number of nitrogens with zero attached hydrogens (tertiary/aromatic N) is 1. The zero-order valence-corrected chi connectivity index (χ0v) is 13.1. The van der Waals surface area contributed by atoms with Gasteiger partial charge in [0, 0.05) is 19.3 Å². The van der Waals surface area contributed by atoms with E-state index in [1.807, 2.05) is 6.92 Å². The Morgan fingerprint density at radius 3 is 2.62 bits per heavy atom. The summed E-state index contributed by atoms with van der Waals surface area (Å²) in [6.45, 7) is 3.54. The van der Waals surface area contributed by atoms with Crippen molar-refractivity contribution in [3.05, 3.63) is 22.8 Å². The van der Waals surface area contributed by atoms with Gasteiger partial charge in [0.1, 0.15) is 5.82 Å². The van der Waals surface area contributed by atoms with Crippen LogP contribution in [0, 0.1) is 17.8 Å². The lowest BCUT2D eigenvalue weighted by atomic mass is 9.98. The summed E-state index contributed by atoms with van der Waals surface area (Å²) in [5, 5.41) is 6.58. The third-order valence-electron chi connectivity index (χ3n) is 4.41. The molecular weight excluding hydrogens is 286 g/mol. The summed E-state index contributed by atoms with van der Waals surface area (Å²) in [6.07, 6.45) is 6.86. The van der Waals surface area contributed by atoms with Gasteiger partial charge in [-0.1, -0.05) is 11.6 Å². The van der Waals surface area contributed by atoms with Crippen LogP contribution in [-0.4, -0.2) is 24.0 Å². The van der Waals surface area contributed by atoms with Crippen LogP contribution in [0.3, 0.4) is 0 Å². The molecule has 0 bridgehead atoms. The van der Waals surface area contributed by atoms with E-state index in [0.717, 1.165) is 24.9 Å². The summed E-state index contributed by atoms with van der Waals surface area (Å²) in [4.78, 5) is 16.5. The molecule has 5 heteroatoms. The molecule has 114 valence electrons. The minimum Gasteiger partial charge on any atom is -0.370 e. The number of pyridine rings is 1. The molecule has 0 radical (unpaired) electrons. The van der Waals surface area contributed by atoms with Crippen LogP contribution in [0.2, 0.25) is 5.02 Å². The average molecular weight is 308 g/mol. The van der Waals surface area contributed by atoms with Crippen LogP contribution in [0.15, 0.2) is 12.3 Å². The lowest BCUT2D eigenvalue weighted by molar-refractivity contribution is 0.0943. The summed E-state index contributed by atoms with van der Waals surface area (Å²) in [5.41, 5.74) is 0.507. The molecular formula is C16H22ClN3O. The topological polar surface area (TPSA) is 54.0 Å². The van der Waals surface area contributed by atoms with Crippen molar-refractivity contribution < 1.29 is 4.79 Å². The molecule has 0 aromatic carbocycles. The fraction of sp³-hybridized carbons (Fsp3) is 0.625. The highest BCUT2D eigenvalue weighted by atomic mass is 35.5. The predicted molar refractivity (Wildman–Crippen MR) is 84.7 cm³/mol. The van der Waals surface area contributed by atoms with Crippen molar-refractivity contribution in [2.75, 3.05) is 18.4 Å². The number of hydrogen-bond donors (Lipinski definition) is 2. The quantitative estimate of drug-likeness (QED) is 0.812. The van der Waals surface area contributed by atoms with Gasteiger partial charge in [-0.25, -0.2) is 4.98 Å². The van der Waals surface area contributed by atoms with Crippen LogP contribution in [0.4, 0.5) is 5.82 Å². The molecule has 2 N–H and O–H groups in total. The van der Waals surface area contributed by atoms with E-state index >= 15 is 0 Å². The molecule has 0 unspecified atom stereocenters.